The summed E-state index contributed by atoms with van der Waals surface area (Å²) in [5, 5.41) is 4.61. The number of hydrogen-bond acceptors (Lipinski definition) is 4. The van der Waals surface area contributed by atoms with Gasteiger partial charge in [-0.2, -0.15) is 0 Å². The highest BCUT2D eigenvalue weighted by atomic mass is 32.2. The van der Waals surface area contributed by atoms with Crippen molar-refractivity contribution in [2.24, 2.45) is 0 Å². The molecule has 3 rings (SSSR count). The molecule has 1 heterocycles. The Bertz CT molecular complexity index is 716. The van der Waals surface area contributed by atoms with Gasteiger partial charge in [-0.1, -0.05) is 49.0 Å². The van der Waals surface area contributed by atoms with Gasteiger partial charge < -0.3 is 4.74 Å². The summed E-state index contributed by atoms with van der Waals surface area (Å²) in [6.45, 7) is 3.72. The van der Waals surface area contributed by atoms with Crippen molar-refractivity contribution < 1.29 is 9.53 Å². The third-order valence-electron chi connectivity index (χ3n) is 3.18. The molecule has 1 aliphatic rings. The highest BCUT2D eigenvalue weighted by Crippen LogP contribution is 2.52. The van der Waals surface area contributed by atoms with Gasteiger partial charge in [0.1, 0.15) is 6.61 Å². The van der Waals surface area contributed by atoms with E-state index in [9.17, 15) is 4.79 Å². The Morgan fingerprint density at radius 2 is 2.05 bits per heavy atom. The number of rotatable bonds is 4. The minimum absolute atomic E-state index is 0.313. The van der Waals surface area contributed by atoms with E-state index in [0.29, 0.717) is 11.2 Å². The summed E-state index contributed by atoms with van der Waals surface area (Å²) in [6.07, 6.45) is 1.19. The van der Waals surface area contributed by atoms with Gasteiger partial charge in [-0.3, -0.25) is 0 Å². The van der Waals surface area contributed by atoms with Crippen LogP contribution in [-0.2, 0) is 9.53 Å². The highest BCUT2D eigenvalue weighted by Gasteiger charge is 2.22. The molecule has 4 heteroatoms. The maximum Gasteiger partial charge on any atom is 0.330 e. The van der Waals surface area contributed by atoms with Crippen molar-refractivity contribution in [2.75, 3.05) is 6.61 Å². The SMILES string of the molecule is C=CC(=O)OCC1=CSC(c2cccc3ccccc23)S1. The first-order valence-electron chi connectivity index (χ1n) is 6.56. The van der Waals surface area contributed by atoms with Crippen LogP contribution in [0.5, 0.6) is 0 Å². The molecular weight excluding hydrogens is 300 g/mol. The van der Waals surface area contributed by atoms with E-state index in [1.54, 1.807) is 23.5 Å². The smallest absolute Gasteiger partial charge is 0.330 e. The van der Waals surface area contributed by atoms with Crippen LogP contribution < -0.4 is 0 Å². The van der Waals surface area contributed by atoms with Crippen molar-refractivity contribution in [1.29, 1.82) is 0 Å². The Morgan fingerprint density at radius 1 is 1.24 bits per heavy atom. The summed E-state index contributed by atoms with van der Waals surface area (Å²) in [6, 6.07) is 14.8. The molecule has 0 spiro atoms. The lowest BCUT2D eigenvalue weighted by Crippen LogP contribution is -2.02. The molecule has 0 bridgehead atoms. The third-order valence-corrected chi connectivity index (χ3v) is 5.88. The predicted molar refractivity (Wildman–Crippen MR) is 91.1 cm³/mol. The van der Waals surface area contributed by atoms with Crippen LogP contribution in [0, 0.1) is 0 Å². The molecule has 0 aromatic heterocycles. The molecule has 0 radical (unpaired) electrons. The van der Waals surface area contributed by atoms with Gasteiger partial charge in [0.05, 0.1) is 4.58 Å². The summed E-state index contributed by atoms with van der Waals surface area (Å²) in [4.78, 5) is 12.2. The van der Waals surface area contributed by atoms with E-state index >= 15 is 0 Å². The van der Waals surface area contributed by atoms with Crippen molar-refractivity contribution in [3.63, 3.8) is 0 Å². The first kappa shape index (κ1) is 14.3. The zero-order valence-electron chi connectivity index (χ0n) is 11.3. The molecule has 1 aliphatic heterocycles. The Balaban J connectivity index is 1.74. The Morgan fingerprint density at radius 3 is 2.90 bits per heavy atom. The van der Waals surface area contributed by atoms with Gasteiger partial charge in [-0.05, 0) is 21.7 Å². The second kappa shape index (κ2) is 6.41. The number of esters is 1. The number of fused-ring (bicyclic) bond motifs is 1. The lowest BCUT2D eigenvalue weighted by Gasteiger charge is -2.12. The molecule has 1 unspecified atom stereocenters. The molecule has 1 atom stereocenters. The van der Waals surface area contributed by atoms with E-state index in [-0.39, 0.29) is 5.97 Å². The van der Waals surface area contributed by atoms with Crippen LogP contribution in [0.15, 0.2) is 65.4 Å². The molecule has 0 fully saturated rings. The van der Waals surface area contributed by atoms with Crippen LogP contribution in [0.3, 0.4) is 0 Å². The van der Waals surface area contributed by atoms with Gasteiger partial charge in [-0.25, -0.2) is 4.79 Å². The zero-order chi connectivity index (χ0) is 14.7. The summed E-state index contributed by atoms with van der Waals surface area (Å²) in [7, 11) is 0. The molecule has 2 aromatic carbocycles. The molecule has 0 saturated carbocycles. The van der Waals surface area contributed by atoms with Crippen molar-refractivity contribution in [3.8, 4) is 0 Å². The normalized spacial score (nSPS) is 17.5. The van der Waals surface area contributed by atoms with Crippen LogP contribution in [0.4, 0.5) is 0 Å². The summed E-state index contributed by atoms with van der Waals surface area (Å²) in [5.41, 5.74) is 1.31. The number of carbonyl (C=O) groups excluding carboxylic acids is 1. The molecule has 2 aromatic rings. The zero-order valence-corrected chi connectivity index (χ0v) is 13.0. The van der Waals surface area contributed by atoms with Crippen molar-refractivity contribution in [1.82, 2.24) is 0 Å². The monoisotopic (exact) mass is 314 g/mol. The molecule has 0 amide bonds. The number of carbonyl (C=O) groups is 1. The van der Waals surface area contributed by atoms with Crippen LogP contribution in [-0.4, -0.2) is 12.6 Å². The van der Waals surface area contributed by atoms with Crippen molar-refractivity contribution in [3.05, 3.63) is 71.0 Å². The first-order valence-corrected chi connectivity index (χ1v) is 8.38. The topological polar surface area (TPSA) is 26.3 Å². The molecule has 0 N–H and O–H groups in total. The van der Waals surface area contributed by atoms with Gasteiger partial charge in [0.2, 0.25) is 0 Å². The second-order valence-electron chi connectivity index (χ2n) is 4.55. The van der Waals surface area contributed by atoms with Crippen molar-refractivity contribution >= 4 is 40.3 Å². The minimum atomic E-state index is -0.380. The molecule has 0 aliphatic carbocycles. The fourth-order valence-electron chi connectivity index (χ4n) is 2.19. The van der Waals surface area contributed by atoms with Gasteiger partial charge >= 0.3 is 5.97 Å². The van der Waals surface area contributed by atoms with E-state index in [1.165, 1.54) is 22.4 Å². The average Bonchev–Trinajstić information content (AvgIpc) is 3.00. The maximum atomic E-state index is 11.1. The molecule has 2 nitrogen and oxygen atoms in total. The Hall–Kier alpha value is -1.65. The minimum Gasteiger partial charge on any atom is -0.457 e. The summed E-state index contributed by atoms with van der Waals surface area (Å²) < 4.78 is 5.40. The fraction of sp³-hybridized carbons (Fsp3) is 0.118. The number of hydrogen-bond donors (Lipinski definition) is 0. The standard InChI is InChI=1S/C17H14O2S2/c1-2-16(18)19-10-13-11-20-17(21-13)15-9-5-7-12-6-3-4-8-14(12)15/h2-9,11,17H,1,10H2. The molecule has 106 valence electrons. The number of benzene rings is 2. The third kappa shape index (κ3) is 3.17. The quantitative estimate of drug-likeness (QED) is 0.593. The first-order chi connectivity index (χ1) is 10.3. The predicted octanol–water partition coefficient (Wildman–Crippen LogP) is 4.89. The van der Waals surface area contributed by atoms with E-state index in [0.717, 1.165) is 4.91 Å². The second-order valence-corrected chi connectivity index (χ2v) is 7.06. The molecule has 21 heavy (non-hydrogen) atoms. The average molecular weight is 314 g/mol. The maximum absolute atomic E-state index is 11.1. The molecular formula is C17H14O2S2. The number of thioether (sulfide) groups is 2. The van der Waals surface area contributed by atoms with Crippen LogP contribution in [0.25, 0.3) is 10.8 Å². The Kier molecular flexibility index (Phi) is 4.36. The largest absolute Gasteiger partial charge is 0.457 e. The van der Waals surface area contributed by atoms with Gasteiger partial charge in [-0.15, -0.1) is 23.5 Å². The van der Waals surface area contributed by atoms with E-state index in [2.05, 4.69) is 54.5 Å². The van der Waals surface area contributed by atoms with E-state index in [4.69, 9.17) is 4.74 Å². The summed E-state index contributed by atoms with van der Waals surface area (Å²) in [5.74, 6) is -0.380. The lowest BCUT2D eigenvalue weighted by atomic mass is 10.1. The van der Waals surface area contributed by atoms with Gasteiger partial charge in [0, 0.05) is 11.0 Å². The van der Waals surface area contributed by atoms with Crippen LogP contribution in [0.1, 0.15) is 10.1 Å². The van der Waals surface area contributed by atoms with Gasteiger partial charge in [0.15, 0.2) is 0 Å². The number of ether oxygens (including phenoxy) is 1. The van der Waals surface area contributed by atoms with Crippen LogP contribution >= 0.6 is 23.5 Å². The van der Waals surface area contributed by atoms with E-state index in [1.807, 2.05) is 0 Å². The fourth-order valence-corrected chi connectivity index (χ4v) is 4.77. The van der Waals surface area contributed by atoms with Crippen LogP contribution in [0.2, 0.25) is 0 Å². The molecule has 0 saturated heterocycles. The van der Waals surface area contributed by atoms with Gasteiger partial charge in [0.25, 0.3) is 0 Å². The lowest BCUT2D eigenvalue weighted by molar-refractivity contribution is -0.136. The highest BCUT2D eigenvalue weighted by molar-refractivity contribution is 8.22. The summed E-state index contributed by atoms with van der Waals surface area (Å²) >= 11 is 3.51. The van der Waals surface area contributed by atoms with E-state index < -0.39 is 0 Å². The Labute approximate surface area is 132 Å². The van der Waals surface area contributed by atoms with Crippen molar-refractivity contribution in [2.45, 2.75) is 4.58 Å².